The Hall–Kier alpha value is -1.49. The second-order valence-electron chi connectivity index (χ2n) is 3.35. The van der Waals surface area contributed by atoms with Crippen molar-refractivity contribution in [3.63, 3.8) is 0 Å². The van der Waals surface area contributed by atoms with Gasteiger partial charge in [0.05, 0.1) is 12.2 Å². The van der Waals surface area contributed by atoms with Gasteiger partial charge in [0.1, 0.15) is 6.61 Å². The topological polar surface area (TPSA) is 46.5 Å². The molecule has 0 spiro atoms. The van der Waals surface area contributed by atoms with Crippen LogP contribution in [0.3, 0.4) is 0 Å². The lowest BCUT2D eigenvalue weighted by molar-refractivity contribution is 0.00972. The third kappa shape index (κ3) is 3.58. The van der Waals surface area contributed by atoms with E-state index in [1.807, 2.05) is 0 Å². The average Bonchev–Trinajstić information content (AvgIpc) is 2.19. The van der Waals surface area contributed by atoms with Gasteiger partial charge in [0, 0.05) is 0 Å². The Morgan fingerprint density at radius 1 is 1.50 bits per heavy atom. The number of hydrogen-bond acceptors (Lipinski definition) is 2. The number of aromatic carboxylic acids is 1. The van der Waals surface area contributed by atoms with Gasteiger partial charge in [0.15, 0.2) is 0 Å². The fraction of sp³-hybridized carbons (Fsp3) is 0.364. The molecule has 0 fully saturated rings. The Labute approximate surface area is 91.7 Å². The van der Waals surface area contributed by atoms with Crippen LogP contribution in [0.4, 0.5) is 8.78 Å². The van der Waals surface area contributed by atoms with Crippen LogP contribution in [-0.2, 0) is 11.3 Å². The van der Waals surface area contributed by atoms with E-state index >= 15 is 0 Å². The Morgan fingerprint density at radius 2 is 2.19 bits per heavy atom. The SMILES string of the molecule is Cc1cc(C(=O)O)ccc1COCC(F)F. The molecule has 5 heteroatoms. The van der Waals surface area contributed by atoms with Crippen LogP contribution in [0.15, 0.2) is 18.2 Å². The molecule has 3 nitrogen and oxygen atoms in total. The molecule has 16 heavy (non-hydrogen) atoms. The number of carboxylic acids is 1. The molecule has 0 bridgehead atoms. The molecule has 0 saturated heterocycles. The minimum atomic E-state index is -2.49. The van der Waals surface area contributed by atoms with Crippen molar-refractivity contribution in [3.05, 3.63) is 34.9 Å². The summed E-state index contributed by atoms with van der Waals surface area (Å²) < 4.78 is 28.4. The summed E-state index contributed by atoms with van der Waals surface area (Å²) in [5, 5.41) is 8.72. The van der Waals surface area contributed by atoms with Crippen LogP contribution in [0.5, 0.6) is 0 Å². The Morgan fingerprint density at radius 3 is 2.69 bits per heavy atom. The number of aryl methyl sites for hydroxylation is 1. The van der Waals surface area contributed by atoms with E-state index in [2.05, 4.69) is 0 Å². The zero-order valence-corrected chi connectivity index (χ0v) is 8.74. The van der Waals surface area contributed by atoms with Gasteiger partial charge in [-0.1, -0.05) is 6.07 Å². The third-order valence-electron chi connectivity index (χ3n) is 2.09. The van der Waals surface area contributed by atoms with Crippen molar-refractivity contribution in [2.75, 3.05) is 6.61 Å². The number of ether oxygens (including phenoxy) is 1. The Balaban J connectivity index is 2.64. The van der Waals surface area contributed by atoms with E-state index in [1.165, 1.54) is 12.1 Å². The van der Waals surface area contributed by atoms with Gasteiger partial charge in [-0.15, -0.1) is 0 Å². The molecule has 0 saturated carbocycles. The molecule has 0 aliphatic carbocycles. The molecule has 0 aliphatic heterocycles. The minimum Gasteiger partial charge on any atom is -0.478 e. The van der Waals surface area contributed by atoms with E-state index in [0.717, 1.165) is 0 Å². The zero-order valence-electron chi connectivity index (χ0n) is 8.74. The average molecular weight is 230 g/mol. The summed E-state index contributed by atoms with van der Waals surface area (Å²) in [6.07, 6.45) is -2.49. The molecule has 0 unspecified atom stereocenters. The van der Waals surface area contributed by atoms with Crippen molar-refractivity contribution in [1.82, 2.24) is 0 Å². The number of alkyl halides is 2. The number of benzene rings is 1. The molecular formula is C11H12F2O3. The van der Waals surface area contributed by atoms with Gasteiger partial charge < -0.3 is 9.84 Å². The van der Waals surface area contributed by atoms with Crippen LogP contribution < -0.4 is 0 Å². The van der Waals surface area contributed by atoms with Gasteiger partial charge in [0.2, 0.25) is 0 Å². The van der Waals surface area contributed by atoms with E-state index in [-0.39, 0.29) is 12.2 Å². The second-order valence-corrected chi connectivity index (χ2v) is 3.35. The lowest BCUT2D eigenvalue weighted by atomic mass is 10.1. The van der Waals surface area contributed by atoms with Crippen molar-refractivity contribution in [3.8, 4) is 0 Å². The lowest BCUT2D eigenvalue weighted by Crippen LogP contribution is -2.05. The van der Waals surface area contributed by atoms with E-state index in [1.54, 1.807) is 13.0 Å². The van der Waals surface area contributed by atoms with Crippen LogP contribution in [0.2, 0.25) is 0 Å². The molecule has 1 aromatic carbocycles. The first-order valence-electron chi connectivity index (χ1n) is 4.69. The summed E-state index contributed by atoms with van der Waals surface area (Å²) in [6, 6.07) is 4.49. The fourth-order valence-corrected chi connectivity index (χ4v) is 1.25. The molecule has 0 aliphatic rings. The zero-order chi connectivity index (χ0) is 12.1. The van der Waals surface area contributed by atoms with Gasteiger partial charge in [0.25, 0.3) is 6.43 Å². The molecule has 0 atom stereocenters. The van der Waals surface area contributed by atoms with E-state index in [4.69, 9.17) is 9.84 Å². The highest BCUT2D eigenvalue weighted by Crippen LogP contribution is 2.12. The number of rotatable bonds is 5. The van der Waals surface area contributed by atoms with Gasteiger partial charge in [-0.25, -0.2) is 13.6 Å². The number of carboxylic acid groups (broad SMARTS) is 1. The minimum absolute atomic E-state index is 0.0655. The quantitative estimate of drug-likeness (QED) is 0.845. The van der Waals surface area contributed by atoms with Crippen molar-refractivity contribution in [2.45, 2.75) is 20.0 Å². The van der Waals surface area contributed by atoms with Crippen LogP contribution in [0.25, 0.3) is 0 Å². The van der Waals surface area contributed by atoms with Crippen molar-refractivity contribution >= 4 is 5.97 Å². The largest absolute Gasteiger partial charge is 0.478 e. The summed E-state index contributed by atoms with van der Waals surface area (Å²) in [7, 11) is 0. The second kappa shape index (κ2) is 5.55. The Kier molecular flexibility index (Phi) is 4.37. The van der Waals surface area contributed by atoms with Gasteiger partial charge in [-0.05, 0) is 30.2 Å². The first-order chi connectivity index (χ1) is 7.50. The van der Waals surface area contributed by atoms with E-state index in [9.17, 15) is 13.6 Å². The van der Waals surface area contributed by atoms with Gasteiger partial charge >= 0.3 is 5.97 Å². The highest BCUT2D eigenvalue weighted by Gasteiger charge is 2.07. The summed E-state index contributed by atoms with van der Waals surface area (Å²) in [4.78, 5) is 10.6. The van der Waals surface area contributed by atoms with E-state index in [0.29, 0.717) is 11.1 Å². The normalized spacial score (nSPS) is 10.8. The number of carbonyl (C=O) groups is 1. The molecule has 0 aromatic heterocycles. The van der Waals surface area contributed by atoms with Gasteiger partial charge in [-0.3, -0.25) is 0 Å². The predicted octanol–water partition coefficient (Wildman–Crippen LogP) is 2.47. The number of halogens is 2. The highest BCUT2D eigenvalue weighted by atomic mass is 19.3. The first kappa shape index (κ1) is 12.6. The molecule has 0 radical (unpaired) electrons. The standard InChI is InChI=1S/C11H12F2O3/c1-7-4-8(11(14)15)2-3-9(7)5-16-6-10(12)13/h2-4,10H,5-6H2,1H3,(H,14,15). The van der Waals surface area contributed by atoms with Gasteiger partial charge in [-0.2, -0.15) is 0 Å². The summed E-state index contributed by atoms with van der Waals surface area (Å²) in [6.45, 7) is 1.17. The molecule has 1 N–H and O–H groups in total. The molecule has 0 amide bonds. The maximum absolute atomic E-state index is 11.8. The maximum Gasteiger partial charge on any atom is 0.335 e. The number of hydrogen-bond donors (Lipinski definition) is 1. The molecular weight excluding hydrogens is 218 g/mol. The molecule has 1 aromatic rings. The smallest absolute Gasteiger partial charge is 0.335 e. The summed E-state index contributed by atoms with van der Waals surface area (Å²) >= 11 is 0. The van der Waals surface area contributed by atoms with Crippen LogP contribution in [-0.4, -0.2) is 24.1 Å². The lowest BCUT2D eigenvalue weighted by Gasteiger charge is -2.07. The third-order valence-corrected chi connectivity index (χ3v) is 2.09. The monoisotopic (exact) mass is 230 g/mol. The Bertz CT molecular complexity index is 377. The maximum atomic E-state index is 11.8. The van der Waals surface area contributed by atoms with Crippen LogP contribution >= 0.6 is 0 Å². The first-order valence-corrected chi connectivity index (χ1v) is 4.69. The van der Waals surface area contributed by atoms with Crippen molar-refractivity contribution in [1.29, 1.82) is 0 Å². The van der Waals surface area contributed by atoms with Crippen LogP contribution in [0, 0.1) is 6.92 Å². The highest BCUT2D eigenvalue weighted by molar-refractivity contribution is 5.87. The fourth-order valence-electron chi connectivity index (χ4n) is 1.25. The molecule has 1 rings (SSSR count). The molecule has 88 valence electrons. The summed E-state index contributed by atoms with van der Waals surface area (Å²) in [5.41, 5.74) is 1.61. The van der Waals surface area contributed by atoms with Crippen molar-refractivity contribution in [2.24, 2.45) is 0 Å². The van der Waals surface area contributed by atoms with Crippen molar-refractivity contribution < 1.29 is 23.4 Å². The molecule has 0 heterocycles. The summed E-state index contributed by atoms with van der Waals surface area (Å²) in [5.74, 6) is -1.01. The predicted molar refractivity (Wildman–Crippen MR) is 53.8 cm³/mol. The van der Waals surface area contributed by atoms with E-state index < -0.39 is 19.0 Å². The van der Waals surface area contributed by atoms with Crippen LogP contribution in [0.1, 0.15) is 21.5 Å².